The number of hydrogen-bond donors (Lipinski definition) is 0. The van der Waals surface area contributed by atoms with E-state index >= 15 is 0 Å². The number of benzene rings is 2. The molecule has 1 heterocycles. The summed E-state index contributed by atoms with van der Waals surface area (Å²) in [6.07, 6.45) is 3.19. The number of esters is 1. The Bertz CT molecular complexity index is 1010. The van der Waals surface area contributed by atoms with E-state index in [-0.39, 0.29) is 18.6 Å². The van der Waals surface area contributed by atoms with Gasteiger partial charge in [0, 0.05) is 7.05 Å². The van der Waals surface area contributed by atoms with Crippen LogP contribution in [0.15, 0.2) is 42.5 Å². The van der Waals surface area contributed by atoms with Crippen molar-refractivity contribution in [2.75, 3.05) is 13.7 Å². The number of carbonyl (C=O) groups excluding carboxylic acids is 2. The van der Waals surface area contributed by atoms with Gasteiger partial charge in [-0.3, -0.25) is 4.79 Å². The van der Waals surface area contributed by atoms with Gasteiger partial charge >= 0.3 is 5.97 Å². The molecule has 5 nitrogen and oxygen atoms in total. The average Bonchev–Trinajstić information content (AvgIpc) is 3.36. The predicted molar refractivity (Wildman–Crippen MR) is 110 cm³/mol. The van der Waals surface area contributed by atoms with Crippen molar-refractivity contribution in [3.63, 3.8) is 0 Å². The molecule has 1 aliphatic rings. The van der Waals surface area contributed by atoms with Crippen LogP contribution in [-0.4, -0.2) is 35.4 Å². The van der Waals surface area contributed by atoms with Crippen LogP contribution in [-0.2, 0) is 22.4 Å². The molecule has 2 aromatic carbocycles. The molecule has 1 atom stereocenters. The molecule has 144 valence electrons. The molecular weight excluding hydrogens is 372 g/mol. The molecule has 1 aliphatic carbocycles. The lowest BCUT2D eigenvalue weighted by molar-refractivity contribution is -0.135. The highest BCUT2D eigenvalue weighted by molar-refractivity contribution is 7.18. The highest BCUT2D eigenvalue weighted by atomic mass is 32.1. The van der Waals surface area contributed by atoms with Crippen LogP contribution in [0.3, 0.4) is 0 Å². The number of nitrogens with zero attached hydrogens (tertiary/aromatic N) is 2. The fourth-order valence-corrected chi connectivity index (χ4v) is 4.52. The molecule has 0 unspecified atom stereocenters. The zero-order valence-electron chi connectivity index (χ0n) is 16.0. The third-order valence-corrected chi connectivity index (χ3v) is 6.51. The number of fused-ring (bicyclic) bond motifs is 2. The van der Waals surface area contributed by atoms with Crippen LogP contribution in [0.4, 0.5) is 0 Å². The lowest BCUT2D eigenvalue weighted by Crippen LogP contribution is -2.33. The van der Waals surface area contributed by atoms with Gasteiger partial charge in [-0.05, 0) is 61.6 Å². The summed E-state index contributed by atoms with van der Waals surface area (Å²) in [7, 11) is 1.71. The van der Waals surface area contributed by atoms with Crippen LogP contribution in [0.1, 0.15) is 45.9 Å². The monoisotopic (exact) mass is 394 g/mol. The van der Waals surface area contributed by atoms with Crippen molar-refractivity contribution in [2.45, 2.75) is 32.2 Å². The van der Waals surface area contributed by atoms with Gasteiger partial charge in [-0.2, -0.15) is 0 Å². The Morgan fingerprint density at radius 2 is 1.96 bits per heavy atom. The number of aryl methyl sites for hydroxylation is 2. The smallest absolute Gasteiger partial charge is 0.338 e. The summed E-state index contributed by atoms with van der Waals surface area (Å²) in [5.74, 6) is -0.703. The third-order valence-electron chi connectivity index (χ3n) is 5.30. The Morgan fingerprint density at radius 3 is 2.79 bits per heavy atom. The summed E-state index contributed by atoms with van der Waals surface area (Å²) in [4.78, 5) is 31.0. The van der Waals surface area contributed by atoms with Crippen molar-refractivity contribution >= 4 is 33.4 Å². The van der Waals surface area contributed by atoms with Crippen molar-refractivity contribution in [3.05, 3.63) is 64.2 Å². The number of hydrogen-bond acceptors (Lipinski definition) is 5. The number of rotatable bonds is 5. The first-order valence-corrected chi connectivity index (χ1v) is 10.2. The van der Waals surface area contributed by atoms with Crippen LogP contribution in [0.25, 0.3) is 10.2 Å². The van der Waals surface area contributed by atoms with Crippen molar-refractivity contribution in [1.29, 1.82) is 0 Å². The summed E-state index contributed by atoms with van der Waals surface area (Å²) in [5, 5.41) is 0.863. The molecule has 0 spiro atoms. The second-order valence-electron chi connectivity index (χ2n) is 7.11. The SMILES string of the molecule is C[C@@H](c1nc2ccccc2s1)N(C)C(=O)COC(=O)c1ccc2c(c1)CCC2. The van der Waals surface area contributed by atoms with E-state index in [1.807, 2.05) is 43.3 Å². The lowest BCUT2D eigenvalue weighted by atomic mass is 10.1. The van der Waals surface area contributed by atoms with Gasteiger partial charge in [0.2, 0.25) is 0 Å². The zero-order chi connectivity index (χ0) is 19.7. The van der Waals surface area contributed by atoms with Gasteiger partial charge in [0.25, 0.3) is 5.91 Å². The molecule has 28 heavy (non-hydrogen) atoms. The van der Waals surface area contributed by atoms with Crippen LogP contribution < -0.4 is 0 Å². The molecule has 3 aromatic rings. The Hall–Kier alpha value is -2.73. The maximum Gasteiger partial charge on any atom is 0.338 e. The Labute approximate surface area is 168 Å². The molecule has 1 amide bonds. The Kier molecular flexibility index (Phi) is 5.13. The number of para-hydroxylation sites is 1. The lowest BCUT2D eigenvalue weighted by Gasteiger charge is -2.23. The van der Waals surface area contributed by atoms with Crippen LogP contribution >= 0.6 is 11.3 Å². The number of amides is 1. The highest BCUT2D eigenvalue weighted by Gasteiger charge is 2.22. The van der Waals surface area contributed by atoms with E-state index in [0.717, 1.165) is 34.5 Å². The van der Waals surface area contributed by atoms with Crippen LogP contribution in [0.5, 0.6) is 0 Å². The van der Waals surface area contributed by atoms with E-state index < -0.39 is 5.97 Å². The van der Waals surface area contributed by atoms with E-state index in [2.05, 4.69) is 4.98 Å². The van der Waals surface area contributed by atoms with Crippen molar-refractivity contribution in [2.24, 2.45) is 0 Å². The normalized spacial score (nSPS) is 13.9. The molecule has 0 aliphatic heterocycles. The standard InChI is InChI=1S/C22H22N2O3S/c1-14(21-23-18-8-3-4-9-19(18)28-21)24(2)20(25)13-27-22(26)17-11-10-15-6-5-7-16(15)12-17/h3-4,8-12,14H,5-7,13H2,1-2H3/t14-/m0/s1. The topological polar surface area (TPSA) is 59.5 Å². The Morgan fingerprint density at radius 1 is 1.18 bits per heavy atom. The van der Waals surface area contributed by atoms with Gasteiger partial charge < -0.3 is 9.64 Å². The summed E-state index contributed by atoms with van der Waals surface area (Å²) < 4.78 is 6.36. The van der Waals surface area contributed by atoms with Gasteiger partial charge in [-0.1, -0.05) is 18.2 Å². The second kappa shape index (κ2) is 7.72. The van der Waals surface area contributed by atoms with Crippen molar-refractivity contribution in [3.8, 4) is 0 Å². The van der Waals surface area contributed by atoms with E-state index in [4.69, 9.17) is 4.74 Å². The fourth-order valence-electron chi connectivity index (χ4n) is 3.46. The number of ether oxygens (including phenoxy) is 1. The number of aromatic nitrogens is 1. The van der Waals surface area contributed by atoms with Gasteiger partial charge in [0.05, 0.1) is 21.8 Å². The maximum absolute atomic E-state index is 12.5. The molecule has 0 N–H and O–H groups in total. The van der Waals surface area contributed by atoms with E-state index in [1.54, 1.807) is 29.4 Å². The van der Waals surface area contributed by atoms with Gasteiger partial charge in [0.15, 0.2) is 6.61 Å². The minimum Gasteiger partial charge on any atom is -0.452 e. The van der Waals surface area contributed by atoms with Gasteiger partial charge in [-0.25, -0.2) is 9.78 Å². The molecule has 0 bridgehead atoms. The Balaban J connectivity index is 1.38. The van der Waals surface area contributed by atoms with Gasteiger partial charge in [-0.15, -0.1) is 11.3 Å². The molecule has 0 saturated heterocycles. The van der Waals surface area contributed by atoms with Crippen LogP contribution in [0.2, 0.25) is 0 Å². The quantitative estimate of drug-likeness (QED) is 0.610. The molecule has 0 fully saturated rings. The third kappa shape index (κ3) is 3.64. The first kappa shape index (κ1) is 18.6. The first-order valence-electron chi connectivity index (χ1n) is 9.43. The zero-order valence-corrected chi connectivity index (χ0v) is 16.8. The maximum atomic E-state index is 12.5. The van der Waals surface area contributed by atoms with Crippen LogP contribution in [0, 0.1) is 0 Å². The summed E-state index contributed by atoms with van der Waals surface area (Å²) >= 11 is 1.57. The minimum atomic E-state index is -0.455. The second-order valence-corrected chi connectivity index (χ2v) is 8.18. The van der Waals surface area contributed by atoms with E-state index in [0.29, 0.717) is 5.56 Å². The number of thiazole rings is 1. The van der Waals surface area contributed by atoms with E-state index in [9.17, 15) is 9.59 Å². The average molecular weight is 394 g/mol. The van der Waals surface area contributed by atoms with Crippen molar-refractivity contribution in [1.82, 2.24) is 9.88 Å². The summed E-state index contributed by atoms with van der Waals surface area (Å²) in [6.45, 7) is 1.65. The molecule has 4 rings (SSSR count). The highest BCUT2D eigenvalue weighted by Crippen LogP contribution is 2.29. The summed E-state index contributed by atoms with van der Waals surface area (Å²) in [5.41, 5.74) is 3.95. The molecule has 0 saturated carbocycles. The summed E-state index contributed by atoms with van der Waals surface area (Å²) in [6, 6.07) is 13.4. The first-order chi connectivity index (χ1) is 13.5. The molecular formula is C22H22N2O3S. The van der Waals surface area contributed by atoms with Crippen molar-refractivity contribution < 1.29 is 14.3 Å². The van der Waals surface area contributed by atoms with E-state index in [1.165, 1.54) is 11.1 Å². The number of carbonyl (C=O) groups is 2. The number of likely N-dealkylation sites (N-methyl/N-ethyl adjacent to an activating group) is 1. The molecule has 1 aromatic heterocycles. The van der Waals surface area contributed by atoms with Gasteiger partial charge in [0.1, 0.15) is 5.01 Å². The fraction of sp³-hybridized carbons (Fsp3) is 0.318. The molecule has 6 heteroatoms. The minimum absolute atomic E-state index is 0.191. The predicted octanol–water partition coefficient (Wildman–Crippen LogP) is 4.16. The largest absolute Gasteiger partial charge is 0.452 e. The molecule has 0 radical (unpaired) electrons.